The number of nitrogens with zero attached hydrogens (tertiary/aromatic N) is 2. The highest BCUT2D eigenvalue weighted by Crippen LogP contribution is 2.26. The van der Waals surface area contributed by atoms with Crippen LogP contribution in [0.3, 0.4) is 0 Å². The molecule has 0 spiro atoms. The van der Waals surface area contributed by atoms with Crippen LogP contribution in [0.4, 0.5) is 11.8 Å². The normalized spacial score (nSPS) is 26.4. The molecule has 1 aromatic rings. The first-order valence-corrected chi connectivity index (χ1v) is 8.48. The zero-order chi connectivity index (χ0) is 13.6. The molecular weight excluding hydrogens is 272 g/mol. The Morgan fingerprint density at radius 2 is 2.35 bits per heavy atom. The molecule has 3 heterocycles. The predicted molar refractivity (Wildman–Crippen MR) is 83.5 cm³/mol. The fraction of sp³-hybridized carbons (Fsp3) is 0.714. The average molecular weight is 294 g/mol. The van der Waals surface area contributed by atoms with E-state index in [0.29, 0.717) is 11.3 Å². The molecule has 2 aliphatic rings. The van der Waals surface area contributed by atoms with Crippen LogP contribution in [0.15, 0.2) is 12.3 Å². The van der Waals surface area contributed by atoms with Gasteiger partial charge in [0.1, 0.15) is 5.82 Å². The molecule has 5 nitrogen and oxygen atoms in total. The fourth-order valence-corrected chi connectivity index (χ4v) is 3.80. The van der Waals surface area contributed by atoms with E-state index < -0.39 is 0 Å². The van der Waals surface area contributed by atoms with Gasteiger partial charge in [-0.3, -0.25) is 0 Å². The van der Waals surface area contributed by atoms with E-state index in [1.165, 1.54) is 18.6 Å². The third-order valence-electron chi connectivity index (χ3n) is 3.68. The van der Waals surface area contributed by atoms with Crippen molar-refractivity contribution in [3.63, 3.8) is 0 Å². The Bertz CT molecular complexity index is 419. The van der Waals surface area contributed by atoms with E-state index in [-0.39, 0.29) is 0 Å². The van der Waals surface area contributed by atoms with E-state index in [1.807, 2.05) is 24.0 Å². The summed E-state index contributed by atoms with van der Waals surface area (Å²) in [6.07, 6.45) is 6.71. The van der Waals surface area contributed by atoms with Gasteiger partial charge in [-0.25, -0.2) is 4.98 Å². The van der Waals surface area contributed by atoms with E-state index in [2.05, 4.69) is 20.6 Å². The maximum absolute atomic E-state index is 5.48. The van der Waals surface area contributed by atoms with E-state index in [4.69, 9.17) is 4.74 Å². The van der Waals surface area contributed by atoms with E-state index in [0.717, 1.165) is 44.4 Å². The fourth-order valence-electron chi connectivity index (χ4n) is 2.60. The minimum absolute atomic E-state index is 0.372. The maximum Gasteiger partial charge on any atom is 0.224 e. The van der Waals surface area contributed by atoms with Crippen LogP contribution in [0.25, 0.3) is 0 Å². The number of thioether (sulfide) groups is 1. The molecular formula is C14H22N4OS. The number of ether oxygens (including phenoxy) is 1. The third kappa shape index (κ3) is 3.99. The molecule has 2 aliphatic heterocycles. The summed E-state index contributed by atoms with van der Waals surface area (Å²) in [6, 6.07) is 2.29. The lowest BCUT2D eigenvalue weighted by molar-refractivity contribution is 0.0875. The van der Waals surface area contributed by atoms with Crippen molar-refractivity contribution in [2.24, 2.45) is 0 Å². The molecule has 1 aromatic heterocycles. The van der Waals surface area contributed by atoms with Crippen LogP contribution in [-0.4, -0.2) is 46.8 Å². The van der Waals surface area contributed by atoms with Gasteiger partial charge in [-0.15, -0.1) is 0 Å². The number of rotatable bonds is 5. The number of hydrogen-bond acceptors (Lipinski definition) is 6. The molecule has 6 heteroatoms. The summed E-state index contributed by atoms with van der Waals surface area (Å²) >= 11 is 2.04. The Morgan fingerprint density at radius 3 is 3.15 bits per heavy atom. The quantitative estimate of drug-likeness (QED) is 0.869. The van der Waals surface area contributed by atoms with Gasteiger partial charge < -0.3 is 15.4 Å². The van der Waals surface area contributed by atoms with Crippen molar-refractivity contribution in [3.8, 4) is 0 Å². The first-order chi connectivity index (χ1) is 9.90. The molecule has 0 bridgehead atoms. The Kier molecular flexibility index (Phi) is 4.97. The lowest BCUT2D eigenvalue weighted by Gasteiger charge is -2.23. The van der Waals surface area contributed by atoms with E-state index in [1.54, 1.807) is 0 Å². The van der Waals surface area contributed by atoms with Crippen molar-refractivity contribution < 1.29 is 4.74 Å². The number of hydrogen-bond donors (Lipinski definition) is 2. The van der Waals surface area contributed by atoms with Crippen LogP contribution >= 0.6 is 11.8 Å². The molecule has 20 heavy (non-hydrogen) atoms. The highest BCUT2D eigenvalue weighted by atomic mass is 32.2. The first kappa shape index (κ1) is 13.9. The Hall–Kier alpha value is -1.01. The summed E-state index contributed by atoms with van der Waals surface area (Å²) in [7, 11) is 0. The van der Waals surface area contributed by atoms with Crippen LogP contribution in [0.1, 0.15) is 25.7 Å². The molecule has 0 amide bonds. The minimum atomic E-state index is 0.372. The first-order valence-electron chi connectivity index (χ1n) is 7.43. The van der Waals surface area contributed by atoms with Crippen LogP contribution in [-0.2, 0) is 4.74 Å². The van der Waals surface area contributed by atoms with Crippen LogP contribution < -0.4 is 10.6 Å². The molecule has 2 N–H and O–H groups in total. The monoisotopic (exact) mass is 294 g/mol. The molecule has 0 aromatic carbocycles. The summed E-state index contributed by atoms with van der Waals surface area (Å²) in [6.45, 7) is 2.61. The molecule has 2 saturated heterocycles. The van der Waals surface area contributed by atoms with Crippen molar-refractivity contribution >= 4 is 23.5 Å². The Morgan fingerprint density at radius 1 is 1.35 bits per heavy atom. The van der Waals surface area contributed by atoms with Crippen molar-refractivity contribution in [1.29, 1.82) is 0 Å². The summed E-state index contributed by atoms with van der Waals surface area (Å²) in [5.74, 6) is 2.90. The van der Waals surface area contributed by atoms with E-state index in [9.17, 15) is 0 Å². The summed E-state index contributed by atoms with van der Waals surface area (Å²) in [5.41, 5.74) is 0. The van der Waals surface area contributed by atoms with Gasteiger partial charge in [0.05, 0.1) is 12.6 Å². The largest absolute Gasteiger partial charge is 0.379 e. The number of anilines is 2. The molecule has 0 saturated carbocycles. The number of aromatic nitrogens is 2. The predicted octanol–water partition coefficient (Wildman–Crippen LogP) is 2.38. The smallest absolute Gasteiger partial charge is 0.224 e. The molecule has 0 radical (unpaired) electrons. The summed E-state index contributed by atoms with van der Waals surface area (Å²) in [5, 5.41) is 7.49. The van der Waals surface area contributed by atoms with E-state index >= 15 is 0 Å². The Balaban J connectivity index is 1.51. The minimum Gasteiger partial charge on any atom is -0.379 e. The molecule has 2 fully saturated rings. The summed E-state index contributed by atoms with van der Waals surface area (Å²) in [4.78, 5) is 8.82. The van der Waals surface area contributed by atoms with Gasteiger partial charge in [0.25, 0.3) is 0 Å². The second-order valence-corrected chi connectivity index (χ2v) is 6.75. The maximum atomic E-state index is 5.48. The van der Waals surface area contributed by atoms with Crippen LogP contribution in [0, 0.1) is 0 Å². The summed E-state index contributed by atoms with van der Waals surface area (Å²) < 4.78 is 5.48. The highest BCUT2D eigenvalue weighted by Gasteiger charge is 2.16. The van der Waals surface area contributed by atoms with Crippen molar-refractivity contribution in [1.82, 2.24) is 9.97 Å². The average Bonchev–Trinajstić information content (AvgIpc) is 3.00. The van der Waals surface area contributed by atoms with Gasteiger partial charge in [-0.1, -0.05) is 0 Å². The highest BCUT2D eigenvalue weighted by molar-refractivity contribution is 8.00. The zero-order valence-electron chi connectivity index (χ0n) is 11.7. The van der Waals surface area contributed by atoms with Gasteiger partial charge in [-0.05, 0) is 37.5 Å². The molecule has 2 atom stereocenters. The standard InChI is InChI=1S/C14H22N4OS/c1-3-11(10-19-7-1)17-13-5-6-15-14(18-13)16-9-12-4-2-8-20-12/h5-6,11-12H,1-4,7-10H2,(H2,15,16,17,18)/t11-,12-/m0/s1. The second-order valence-electron chi connectivity index (χ2n) is 5.34. The van der Waals surface area contributed by atoms with Gasteiger partial charge in [-0.2, -0.15) is 16.7 Å². The van der Waals surface area contributed by atoms with Crippen molar-refractivity contribution in [2.75, 3.05) is 36.1 Å². The second kappa shape index (κ2) is 7.13. The molecule has 110 valence electrons. The van der Waals surface area contributed by atoms with Gasteiger partial charge in [0, 0.05) is 24.6 Å². The van der Waals surface area contributed by atoms with Crippen LogP contribution in [0.2, 0.25) is 0 Å². The van der Waals surface area contributed by atoms with Crippen molar-refractivity contribution in [3.05, 3.63) is 12.3 Å². The molecule has 3 rings (SSSR count). The third-order valence-corrected chi connectivity index (χ3v) is 5.08. The lowest BCUT2D eigenvalue weighted by Crippen LogP contribution is -2.30. The van der Waals surface area contributed by atoms with Gasteiger partial charge in [0.2, 0.25) is 5.95 Å². The van der Waals surface area contributed by atoms with Crippen molar-refractivity contribution in [2.45, 2.75) is 37.0 Å². The van der Waals surface area contributed by atoms with Crippen LogP contribution in [0.5, 0.6) is 0 Å². The zero-order valence-corrected chi connectivity index (χ0v) is 12.5. The lowest BCUT2D eigenvalue weighted by atomic mass is 10.1. The SMILES string of the molecule is c1cc(N[C@H]2CCCOC2)nc(NC[C@@H]2CCCS2)n1. The Labute approximate surface area is 124 Å². The van der Waals surface area contributed by atoms with Gasteiger partial charge >= 0.3 is 0 Å². The molecule has 0 unspecified atom stereocenters. The van der Waals surface area contributed by atoms with Gasteiger partial charge in [0.15, 0.2) is 0 Å². The topological polar surface area (TPSA) is 59.1 Å². The number of nitrogens with one attached hydrogen (secondary N) is 2. The molecule has 0 aliphatic carbocycles.